The molecule has 0 saturated carbocycles. The van der Waals surface area contributed by atoms with Crippen LogP contribution in [0.5, 0.6) is 5.75 Å². The number of fused-ring (bicyclic) bond motifs is 1. The SMILES string of the molecule is CCC#Cc1cnn2cc(-c3nnn(C4CCN(C#N)CC4)c3C)cc(O[C@H](CO)c3ccc(F)cn3)c12. The van der Waals surface area contributed by atoms with Gasteiger partial charge in [0, 0.05) is 31.3 Å². The molecule has 38 heavy (non-hydrogen) atoms. The molecule has 0 spiro atoms. The number of hydrogen-bond donors (Lipinski definition) is 1. The number of nitrogens with zero attached hydrogens (tertiary/aromatic N) is 8. The molecule has 0 amide bonds. The van der Waals surface area contributed by atoms with Gasteiger partial charge in [0.2, 0.25) is 0 Å². The molecule has 4 aromatic rings. The zero-order valence-corrected chi connectivity index (χ0v) is 21.2. The number of ether oxygens (including phenoxy) is 1. The highest BCUT2D eigenvalue weighted by Crippen LogP contribution is 2.34. The summed E-state index contributed by atoms with van der Waals surface area (Å²) >= 11 is 0. The Bertz CT molecular complexity index is 1540. The lowest BCUT2D eigenvalue weighted by atomic mass is 10.0. The first-order chi connectivity index (χ1) is 18.5. The molecule has 5 rings (SSSR count). The van der Waals surface area contributed by atoms with E-state index in [1.165, 1.54) is 12.1 Å². The summed E-state index contributed by atoms with van der Waals surface area (Å²) in [6.07, 6.45) is 8.29. The fourth-order valence-corrected chi connectivity index (χ4v) is 4.67. The van der Waals surface area contributed by atoms with Crippen LogP contribution in [0.25, 0.3) is 16.8 Å². The Morgan fingerprint density at radius 2 is 2.08 bits per heavy atom. The smallest absolute Gasteiger partial charge is 0.179 e. The van der Waals surface area contributed by atoms with Crippen molar-refractivity contribution in [3.63, 3.8) is 0 Å². The molecule has 10 nitrogen and oxygen atoms in total. The van der Waals surface area contributed by atoms with Crippen molar-refractivity contribution in [2.45, 2.75) is 45.3 Å². The van der Waals surface area contributed by atoms with Crippen molar-refractivity contribution in [1.29, 1.82) is 5.26 Å². The van der Waals surface area contributed by atoms with Gasteiger partial charge in [-0.25, -0.2) is 13.6 Å². The second-order valence-corrected chi connectivity index (χ2v) is 9.08. The van der Waals surface area contributed by atoms with E-state index in [1.54, 1.807) is 15.6 Å². The minimum absolute atomic E-state index is 0.157. The van der Waals surface area contributed by atoms with Crippen LogP contribution < -0.4 is 4.74 Å². The topological polar surface area (TPSA) is 117 Å². The first-order valence-electron chi connectivity index (χ1n) is 12.5. The highest BCUT2D eigenvalue weighted by atomic mass is 19.1. The molecule has 4 aromatic heterocycles. The molecule has 1 saturated heterocycles. The summed E-state index contributed by atoms with van der Waals surface area (Å²) < 4.78 is 23.3. The normalized spacial score (nSPS) is 14.7. The predicted octanol–water partition coefficient (Wildman–Crippen LogP) is 3.43. The van der Waals surface area contributed by atoms with Crippen LogP contribution in [-0.2, 0) is 0 Å². The molecule has 0 unspecified atom stereocenters. The largest absolute Gasteiger partial charge is 0.479 e. The summed E-state index contributed by atoms with van der Waals surface area (Å²) in [7, 11) is 0. The predicted molar refractivity (Wildman–Crippen MR) is 136 cm³/mol. The number of likely N-dealkylation sites (tertiary alicyclic amines) is 1. The Kier molecular flexibility index (Phi) is 7.20. The van der Waals surface area contributed by atoms with Gasteiger partial charge in [-0.3, -0.25) is 4.98 Å². The number of rotatable bonds is 6. The Morgan fingerprint density at radius 1 is 1.26 bits per heavy atom. The van der Waals surface area contributed by atoms with Crippen molar-refractivity contribution >= 4 is 5.52 Å². The Labute approximate surface area is 219 Å². The van der Waals surface area contributed by atoms with E-state index in [0.29, 0.717) is 47.7 Å². The van der Waals surface area contributed by atoms with Gasteiger partial charge in [0.15, 0.2) is 12.3 Å². The average molecular weight is 515 g/mol. The van der Waals surface area contributed by atoms with Crippen LogP contribution >= 0.6 is 0 Å². The monoisotopic (exact) mass is 514 g/mol. The molecular weight excluding hydrogens is 487 g/mol. The molecule has 1 N–H and O–H groups in total. The summed E-state index contributed by atoms with van der Waals surface area (Å²) in [6.45, 7) is 4.95. The molecule has 1 fully saturated rings. The number of aromatic nitrogens is 6. The minimum Gasteiger partial charge on any atom is -0.479 e. The van der Waals surface area contributed by atoms with E-state index >= 15 is 0 Å². The Morgan fingerprint density at radius 3 is 2.76 bits per heavy atom. The van der Waals surface area contributed by atoms with Gasteiger partial charge in [0.25, 0.3) is 0 Å². The summed E-state index contributed by atoms with van der Waals surface area (Å²) in [4.78, 5) is 5.84. The third-order valence-corrected chi connectivity index (χ3v) is 6.64. The quantitative estimate of drug-likeness (QED) is 0.307. The first kappa shape index (κ1) is 25.2. The summed E-state index contributed by atoms with van der Waals surface area (Å²) in [5, 5.41) is 32.7. The number of aliphatic hydroxyl groups is 1. The second-order valence-electron chi connectivity index (χ2n) is 9.08. The van der Waals surface area contributed by atoms with E-state index in [4.69, 9.17) is 10.00 Å². The number of pyridine rings is 2. The third-order valence-electron chi connectivity index (χ3n) is 6.64. The van der Waals surface area contributed by atoms with Crippen molar-refractivity contribution < 1.29 is 14.2 Å². The number of halogens is 1. The number of hydrogen-bond acceptors (Lipinski definition) is 8. The fraction of sp³-hybridized carbons (Fsp3) is 0.370. The molecule has 0 aromatic carbocycles. The van der Waals surface area contributed by atoms with Gasteiger partial charge in [-0.1, -0.05) is 24.0 Å². The van der Waals surface area contributed by atoms with Crippen molar-refractivity contribution in [3.8, 4) is 35.0 Å². The highest BCUT2D eigenvalue weighted by Gasteiger charge is 2.25. The number of aliphatic hydroxyl groups excluding tert-OH is 1. The van der Waals surface area contributed by atoms with Crippen LogP contribution in [0.2, 0.25) is 0 Å². The van der Waals surface area contributed by atoms with E-state index in [1.807, 2.05) is 30.8 Å². The minimum atomic E-state index is -0.835. The zero-order valence-electron chi connectivity index (χ0n) is 21.2. The maximum absolute atomic E-state index is 13.4. The maximum atomic E-state index is 13.4. The lowest BCUT2D eigenvalue weighted by molar-refractivity contribution is 0.114. The van der Waals surface area contributed by atoms with E-state index in [0.717, 1.165) is 30.3 Å². The molecule has 1 aliphatic heterocycles. The van der Waals surface area contributed by atoms with Crippen molar-refractivity contribution in [2.75, 3.05) is 19.7 Å². The zero-order chi connectivity index (χ0) is 26.6. The van der Waals surface area contributed by atoms with Gasteiger partial charge in [-0.05, 0) is 38.0 Å². The lowest BCUT2D eigenvalue weighted by Crippen LogP contribution is -2.31. The second kappa shape index (κ2) is 10.9. The van der Waals surface area contributed by atoms with Crippen molar-refractivity contribution in [3.05, 3.63) is 59.6 Å². The summed E-state index contributed by atoms with van der Waals surface area (Å²) in [5.41, 5.74) is 4.02. The van der Waals surface area contributed by atoms with Crippen LogP contribution in [0.3, 0.4) is 0 Å². The van der Waals surface area contributed by atoms with Crippen LogP contribution in [0.4, 0.5) is 4.39 Å². The summed E-state index contributed by atoms with van der Waals surface area (Å²) in [5.74, 6) is 6.15. The lowest BCUT2D eigenvalue weighted by Gasteiger charge is -2.28. The van der Waals surface area contributed by atoms with E-state index in [9.17, 15) is 9.50 Å². The van der Waals surface area contributed by atoms with Crippen molar-refractivity contribution in [1.82, 2.24) is 34.5 Å². The number of nitriles is 1. The van der Waals surface area contributed by atoms with Gasteiger partial charge in [0.1, 0.15) is 22.8 Å². The van der Waals surface area contributed by atoms with Gasteiger partial charge < -0.3 is 14.7 Å². The fourth-order valence-electron chi connectivity index (χ4n) is 4.67. The highest BCUT2D eigenvalue weighted by molar-refractivity contribution is 5.75. The molecule has 1 aliphatic rings. The number of piperidine rings is 1. The van der Waals surface area contributed by atoms with Gasteiger partial charge >= 0.3 is 0 Å². The molecule has 0 bridgehead atoms. The van der Waals surface area contributed by atoms with E-state index < -0.39 is 11.9 Å². The average Bonchev–Trinajstić information content (AvgIpc) is 3.54. The van der Waals surface area contributed by atoms with Gasteiger partial charge in [-0.2, -0.15) is 10.4 Å². The molecular formula is C27H27FN8O2. The van der Waals surface area contributed by atoms with Crippen LogP contribution in [0, 0.1) is 36.0 Å². The van der Waals surface area contributed by atoms with Crippen LogP contribution in [0.1, 0.15) is 55.3 Å². The molecule has 194 valence electrons. The van der Waals surface area contributed by atoms with E-state index in [-0.39, 0.29) is 12.6 Å². The third kappa shape index (κ3) is 4.89. The standard InChI is InChI=1S/C27H27FN8O2/c1-3-4-5-19-13-31-35-15-20(26-18(2)36(33-32-26)22-8-10-34(17-29)11-9-22)12-24(27(19)35)38-25(16-37)23-7-6-21(28)14-30-23/h6-7,12-15,22,25,37H,3,8-11,16H2,1-2H3/t25-/m1/s1. The maximum Gasteiger partial charge on any atom is 0.179 e. The van der Waals surface area contributed by atoms with E-state index in [2.05, 4.69) is 38.4 Å². The van der Waals surface area contributed by atoms with Crippen LogP contribution in [-0.4, -0.2) is 59.3 Å². The molecule has 0 aliphatic carbocycles. The Hall–Kier alpha value is -4.48. The Balaban J connectivity index is 1.55. The summed E-state index contributed by atoms with van der Waals surface area (Å²) in [6, 6.07) is 4.75. The molecule has 5 heterocycles. The van der Waals surface area contributed by atoms with Crippen LogP contribution in [0.15, 0.2) is 36.8 Å². The molecule has 0 radical (unpaired) electrons. The van der Waals surface area contributed by atoms with Crippen molar-refractivity contribution in [2.24, 2.45) is 0 Å². The van der Waals surface area contributed by atoms with Gasteiger partial charge in [0.05, 0.1) is 42.0 Å². The first-order valence-corrected chi connectivity index (χ1v) is 12.5. The molecule has 1 atom stereocenters. The van der Waals surface area contributed by atoms with Gasteiger partial charge in [-0.15, -0.1) is 5.10 Å². The molecule has 11 heteroatoms.